The van der Waals surface area contributed by atoms with Crippen molar-refractivity contribution >= 4 is 17.9 Å². The van der Waals surface area contributed by atoms with Crippen LogP contribution in [0.1, 0.15) is 23.3 Å². The molecule has 0 aliphatic carbocycles. The summed E-state index contributed by atoms with van der Waals surface area (Å²) in [6, 6.07) is 1.41. The Morgan fingerprint density at radius 3 is 2.68 bits per heavy atom. The van der Waals surface area contributed by atoms with E-state index >= 15 is 0 Å². The van der Waals surface area contributed by atoms with Crippen molar-refractivity contribution < 1.29 is 14.7 Å². The van der Waals surface area contributed by atoms with Gasteiger partial charge in [-0.1, -0.05) is 0 Å². The average molecular weight is 265 g/mol. The molecule has 8 heteroatoms. The summed E-state index contributed by atoms with van der Waals surface area (Å²) in [4.78, 5) is 31.7. The summed E-state index contributed by atoms with van der Waals surface area (Å²) in [7, 11) is 0. The number of carboxylic acid groups (broad SMARTS) is 1. The molecule has 0 spiro atoms. The molecule has 1 aliphatic rings. The fraction of sp³-hybridized carbons (Fsp3) is 0.455. The lowest BCUT2D eigenvalue weighted by molar-refractivity contribution is 0.0995. The van der Waals surface area contributed by atoms with Gasteiger partial charge in [0.05, 0.1) is 0 Å². The highest BCUT2D eigenvalue weighted by molar-refractivity contribution is 5.90. The van der Waals surface area contributed by atoms with E-state index in [4.69, 9.17) is 10.8 Å². The van der Waals surface area contributed by atoms with Crippen LogP contribution in [-0.4, -0.2) is 46.2 Å². The fourth-order valence-electron chi connectivity index (χ4n) is 2.04. The van der Waals surface area contributed by atoms with Gasteiger partial charge in [0.1, 0.15) is 5.69 Å². The van der Waals surface area contributed by atoms with Gasteiger partial charge in [-0.2, -0.15) is 0 Å². The van der Waals surface area contributed by atoms with E-state index in [0.717, 1.165) is 0 Å². The third kappa shape index (κ3) is 3.30. The van der Waals surface area contributed by atoms with Crippen molar-refractivity contribution in [2.75, 3.05) is 18.0 Å². The number of amides is 2. The molecule has 0 radical (unpaired) electrons. The van der Waals surface area contributed by atoms with Crippen LogP contribution in [0.5, 0.6) is 0 Å². The van der Waals surface area contributed by atoms with E-state index in [9.17, 15) is 9.59 Å². The van der Waals surface area contributed by atoms with Crippen LogP contribution in [0.4, 0.5) is 10.7 Å². The van der Waals surface area contributed by atoms with Gasteiger partial charge in [0.2, 0.25) is 5.95 Å². The molecule has 8 nitrogen and oxygen atoms in total. The number of nitrogens with zero attached hydrogens (tertiary/aromatic N) is 3. The first-order chi connectivity index (χ1) is 9.06. The minimum Gasteiger partial charge on any atom is -0.465 e. The van der Waals surface area contributed by atoms with E-state index in [1.54, 1.807) is 0 Å². The molecular formula is C11H15N5O3. The molecule has 4 N–H and O–H groups in total. The van der Waals surface area contributed by atoms with E-state index in [-0.39, 0.29) is 11.7 Å². The summed E-state index contributed by atoms with van der Waals surface area (Å²) in [6.45, 7) is 1.26. The molecule has 0 bridgehead atoms. The predicted octanol–water partition coefficient (Wildman–Crippen LogP) is -0.188. The Bertz CT molecular complexity index is 485. The topological polar surface area (TPSA) is 121 Å². The molecule has 2 amide bonds. The largest absolute Gasteiger partial charge is 0.465 e. The minimum atomic E-state index is -1.01. The second kappa shape index (κ2) is 5.51. The quantitative estimate of drug-likeness (QED) is 0.696. The number of piperidine rings is 1. The van der Waals surface area contributed by atoms with Crippen LogP contribution < -0.4 is 16.0 Å². The van der Waals surface area contributed by atoms with Crippen molar-refractivity contribution in [3.05, 3.63) is 18.0 Å². The Kier molecular flexibility index (Phi) is 3.79. The van der Waals surface area contributed by atoms with Crippen molar-refractivity contribution in [3.8, 4) is 0 Å². The normalized spacial score (nSPS) is 16.1. The zero-order valence-electron chi connectivity index (χ0n) is 10.2. The van der Waals surface area contributed by atoms with Gasteiger partial charge < -0.3 is 21.1 Å². The van der Waals surface area contributed by atoms with E-state index in [0.29, 0.717) is 31.9 Å². The van der Waals surface area contributed by atoms with Crippen LogP contribution >= 0.6 is 0 Å². The molecule has 19 heavy (non-hydrogen) atoms. The number of aromatic nitrogens is 2. The van der Waals surface area contributed by atoms with Crippen LogP contribution in [0.15, 0.2) is 12.3 Å². The zero-order valence-corrected chi connectivity index (χ0v) is 10.2. The number of nitrogens with two attached hydrogens (primary N) is 1. The molecule has 102 valence electrons. The number of carbonyl (C=O) groups excluding carboxylic acids is 1. The van der Waals surface area contributed by atoms with Gasteiger partial charge in [-0.15, -0.1) is 0 Å². The van der Waals surface area contributed by atoms with Gasteiger partial charge in [-0.3, -0.25) is 4.79 Å². The van der Waals surface area contributed by atoms with E-state index < -0.39 is 12.0 Å². The first kappa shape index (κ1) is 13.1. The first-order valence-corrected chi connectivity index (χ1v) is 5.93. The molecule has 1 aromatic rings. The lowest BCUT2D eigenvalue weighted by Gasteiger charge is -2.31. The van der Waals surface area contributed by atoms with Crippen LogP contribution in [0.3, 0.4) is 0 Å². The number of hydrogen-bond acceptors (Lipinski definition) is 5. The van der Waals surface area contributed by atoms with Gasteiger partial charge in [0, 0.05) is 25.3 Å². The van der Waals surface area contributed by atoms with Crippen molar-refractivity contribution in [1.29, 1.82) is 0 Å². The number of carbonyl (C=O) groups is 2. The second-order valence-corrected chi connectivity index (χ2v) is 4.32. The standard InChI is InChI=1S/C11H15N5O3/c12-9(17)8-1-4-13-10(15-8)16-5-2-7(3-6-16)14-11(18)19/h1,4,7,14H,2-3,5-6H2,(H2,12,17)(H,18,19). The lowest BCUT2D eigenvalue weighted by atomic mass is 10.1. The lowest BCUT2D eigenvalue weighted by Crippen LogP contribution is -2.44. The third-order valence-electron chi connectivity index (χ3n) is 3.00. The summed E-state index contributed by atoms with van der Waals surface area (Å²) in [5.41, 5.74) is 5.34. The number of anilines is 1. The van der Waals surface area contributed by atoms with E-state index in [1.807, 2.05) is 4.90 Å². The van der Waals surface area contributed by atoms with E-state index in [1.165, 1.54) is 12.3 Å². The SMILES string of the molecule is NC(=O)c1ccnc(N2CCC(NC(=O)O)CC2)n1. The molecule has 0 saturated carbocycles. The van der Waals surface area contributed by atoms with Crippen LogP contribution in [0.25, 0.3) is 0 Å². The summed E-state index contributed by atoms with van der Waals surface area (Å²) in [5.74, 6) is -0.142. The highest BCUT2D eigenvalue weighted by atomic mass is 16.4. The van der Waals surface area contributed by atoms with Gasteiger partial charge in [-0.05, 0) is 18.9 Å². The highest BCUT2D eigenvalue weighted by Crippen LogP contribution is 2.16. The van der Waals surface area contributed by atoms with Gasteiger partial charge >= 0.3 is 6.09 Å². The smallest absolute Gasteiger partial charge is 0.404 e. The van der Waals surface area contributed by atoms with Crippen molar-refractivity contribution in [2.45, 2.75) is 18.9 Å². The zero-order chi connectivity index (χ0) is 13.8. The van der Waals surface area contributed by atoms with Crippen molar-refractivity contribution in [2.24, 2.45) is 5.73 Å². The molecule has 1 saturated heterocycles. The molecule has 2 rings (SSSR count). The molecular weight excluding hydrogens is 250 g/mol. The van der Waals surface area contributed by atoms with Crippen molar-refractivity contribution in [3.63, 3.8) is 0 Å². The Balaban J connectivity index is 1.99. The van der Waals surface area contributed by atoms with Crippen molar-refractivity contribution in [1.82, 2.24) is 15.3 Å². The second-order valence-electron chi connectivity index (χ2n) is 4.32. The van der Waals surface area contributed by atoms with Crippen LogP contribution in [0.2, 0.25) is 0 Å². The molecule has 1 fully saturated rings. The maximum Gasteiger partial charge on any atom is 0.404 e. The number of rotatable bonds is 3. The Hall–Kier alpha value is -2.38. The highest BCUT2D eigenvalue weighted by Gasteiger charge is 2.22. The summed E-state index contributed by atoms with van der Waals surface area (Å²) < 4.78 is 0. The molecule has 1 aliphatic heterocycles. The Morgan fingerprint density at radius 1 is 1.42 bits per heavy atom. The Labute approximate surface area is 109 Å². The summed E-state index contributed by atoms with van der Waals surface area (Å²) >= 11 is 0. The van der Waals surface area contributed by atoms with Crippen LogP contribution in [0, 0.1) is 0 Å². The predicted molar refractivity (Wildman–Crippen MR) is 66.9 cm³/mol. The minimum absolute atomic E-state index is 0.0481. The Morgan fingerprint density at radius 2 is 2.11 bits per heavy atom. The van der Waals surface area contributed by atoms with Crippen LogP contribution in [-0.2, 0) is 0 Å². The number of hydrogen-bond donors (Lipinski definition) is 3. The fourth-order valence-corrected chi connectivity index (χ4v) is 2.04. The molecule has 0 aromatic carbocycles. The molecule has 2 heterocycles. The monoisotopic (exact) mass is 265 g/mol. The molecule has 0 atom stereocenters. The summed E-state index contributed by atoms with van der Waals surface area (Å²) in [5, 5.41) is 11.1. The van der Waals surface area contributed by atoms with Gasteiger partial charge in [0.15, 0.2) is 0 Å². The maximum absolute atomic E-state index is 11.0. The molecule has 0 unspecified atom stereocenters. The molecule has 1 aromatic heterocycles. The number of primary amides is 1. The number of nitrogens with one attached hydrogen (secondary N) is 1. The first-order valence-electron chi connectivity index (χ1n) is 5.93. The maximum atomic E-state index is 11.0. The summed E-state index contributed by atoms with van der Waals surface area (Å²) in [6.07, 6.45) is 1.84. The van der Waals surface area contributed by atoms with Gasteiger partial charge in [-0.25, -0.2) is 14.8 Å². The van der Waals surface area contributed by atoms with Gasteiger partial charge in [0.25, 0.3) is 5.91 Å². The van der Waals surface area contributed by atoms with E-state index in [2.05, 4.69) is 15.3 Å². The average Bonchev–Trinajstić information content (AvgIpc) is 2.39. The third-order valence-corrected chi connectivity index (χ3v) is 3.00.